The highest BCUT2D eigenvalue weighted by Gasteiger charge is 2.26. The number of hydrogen-bond acceptors (Lipinski definition) is 4. The summed E-state index contributed by atoms with van der Waals surface area (Å²) in [5.74, 6) is 1.34. The highest BCUT2D eigenvalue weighted by atomic mass is 15.1. The Hall–Kier alpha value is -2.37. The molecular formula is C16H20N6. The van der Waals surface area contributed by atoms with Crippen molar-refractivity contribution in [2.24, 2.45) is 5.92 Å². The summed E-state index contributed by atoms with van der Waals surface area (Å²) in [6, 6.07) is 2.56. The fraction of sp³-hybridized carbons (Fsp3) is 0.438. The van der Waals surface area contributed by atoms with Crippen molar-refractivity contribution in [1.29, 1.82) is 0 Å². The summed E-state index contributed by atoms with van der Waals surface area (Å²) >= 11 is 0. The molecule has 0 aromatic carbocycles. The van der Waals surface area contributed by atoms with Crippen LogP contribution in [0.4, 0.5) is 5.82 Å². The van der Waals surface area contributed by atoms with Gasteiger partial charge in [0.05, 0.1) is 11.6 Å². The molecule has 0 aliphatic heterocycles. The van der Waals surface area contributed by atoms with Gasteiger partial charge in [-0.25, -0.2) is 9.97 Å². The summed E-state index contributed by atoms with van der Waals surface area (Å²) < 4.78 is 2.28. The number of nitrogens with zero attached hydrogens (tertiary/aromatic N) is 4. The lowest BCUT2D eigenvalue weighted by Gasteiger charge is -2.14. The number of nitrogens with one attached hydrogen (secondary N) is 1. The predicted octanol–water partition coefficient (Wildman–Crippen LogP) is 2.71. The van der Waals surface area contributed by atoms with Crippen LogP contribution in [0.2, 0.25) is 0 Å². The average molecular weight is 296 g/mol. The zero-order chi connectivity index (χ0) is 14.9. The topological polar surface area (TPSA) is 85.4 Å². The van der Waals surface area contributed by atoms with E-state index in [1.807, 2.05) is 18.5 Å². The summed E-state index contributed by atoms with van der Waals surface area (Å²) in [5.41, 5.74) is 8.19. The average Bonchev–Trinajstić information content (AvgIpc) is 3.25. The third-order valence-electron chi connectivity index (χ3n) is 4.84. The highest BCUT2D eigenvalue weighted by molar-refractivity contribution is 5.86. The maximum Gasteiger partial charge on any atom is 0.145 e. The molecule has 1 fully saturated rings. The van der Waals surface area contributed by atoms with Crippen LogP contribution in [0.3, 0.4) is 0 Å². The second-order valence-electron chi connectivity index (χ2n) is 6.20. The number of rotatable bonds is 4. The third kappa shape index (κ3) is 2.34. The van der Waals surface area contributed by atoms with E-state index in [1.54, 1.807) is 6.33 Å². The minimum absolute atomic E-state index is 0.529. The molecule has 0 bridgehead atoms. The molecule has 3 aromatic rings. The molecule has 0 saturated heterocycles. The number of aryl methyl sites for hydroxylation is 1. The van der Waals surface area contributed by atoms with Gasteiger partial charge in [-0.05, 0) is 49.7 Å². The lowest BCUT2D eigenvalue weighted by Crippen LogP contribution is -2.06. The zero-order valence-corrected chi connectivity index (χ0v) is 12.4. The Morgan fingerprint density at radius 1 is 1.32 bits per heavy atom. The first-order valence-corrected chi connectivity index (χ1v) is 7.86. The molecule has 0 amide bonds. The summed E-state index contributed by atoms with van der Waals surface area (Å²) in [7, 11) is 0. The quantitative estimate of drug-likeness (QED) is 0.775. The highest BCUT2D eigenvalue weighted by Crippen LogP contribution is 2.38. The number of nitrogen functional groups attached to an aromatic ring is 1. The van der Waals surface area contributed by atoms with E-state index in [-0.39, 0.29) is 0 Å². The molecule has 3 N–H and O–H groups in total. The Bertz CT molecular complexity index is 760. The SMILES string of the molecule is Nc1ncnc2c1ccn2C1CCC(CCc2cn[nH]c2)C1. The molecule has 22 heavy (non-hydrogen) atoms. The minimum atomic E-state index is 0.529. The van der Waals surface area contributed by atoms with Crippen LogP contribution >= 0.6 is 0 Å². The molecule has 3 aromatic heterocycles. The number of fused-ring (bicyclic) bond motifs is 1. The Labute approximate surface area is 128 Å². The van der Waals surface area contributed by atoms with E-state index in [9.17, 15) is 0 Å². The maximum atomic E-state index is 5.92. The second kappa shape index (κ2) is 5.44. The Kier molecular flexibility index (Phi) is 3.29. The van der Waals surface area contributed by atoms with Crippen LogP contribution in [0.25, 0.3) is 11.0 Å². The van der Waals surface area contributed by atoms with Crippen LogP contribution in [-0.2, 0) is 6.42 Å². The zero-order valence-electron chi connectivity index (χ0n) is 12.4. The van der Waals surface area contributed by atoms with Gasteiger partial charge in [0.15, 0.2) is 0 Å². The van der Waals surface area contributed by atoms with Crippen molar-refractivity contribution in [3.63, 3.8) is 0 Å². The molecule has 2 atom stereocenters. The van der Waals surface area contributed by atoms with Crippen molar-refractivity contribution < 1.29 is 0 Å². The van der Waals surface area contributed by atoms with Gasteiger partial charge in [0, 0.05) is 18.4 Å². The Balaban J connectivity index is 1.46. The van der Waals surface area contributed by atoms with Crippen molar-refractivity contribution in [1.82, 2.24) is 24.7 Å². The van der Waals surface area contributed by atoms with Gasteiger partial charge in [-0.3, -0.25) is 5.10 Å². The molecule has 1 aliphatic rings. The molecule has 0 radical (unpaired) electrons. The Morgan fingerprint density at radius 2 is 2.27 bits per heavy atom. The molecule has 4 rings (SSSR count). The molecular weight excluding hydrogens is 276 g/mol. The van der Waals surface area contributed by atoms with E-state index >= 15 is 0 Å². The summed E-state index contributed by atoms with van der Waals surface area (Å²) in [5, 5.41) is 7.85. The summed E-state index contributed by atoms with van der Waals surface area (Å²) in [6.45, 7) is 0. The van der Waals surface area contributed by atoms with Crippen LogP contribution in [0.1, 0.15) is 37.3 Å². The van der Waals surface area contributed by atoms with Crippen LogP contribution in [0, 0.1) is 5.92 Å². The van der Waals surface area contributed by atoms with E-state index in [1.165, 1.54) is 31.2 Å². The number of anilines is 1. The van der Waals surface area contributed by atoms with Crippen LogP contribution in [0.5, 0.6) is 0 Å². The fourth-order valence-electron chi connectivity index (χ4n) is 3.63. The fourth-order valence-corrected chi connectivity index (χ4v) is 3.63. The standard InChI is InChI=1S/C16H20N6/c17-15-14-5-6-22(16(14)19-10-18-15)13-4-3-11(7-13)1-2-12-8-20-21-9-12/h5-6,8-11,13H,1-4,7H2,(H,20,21)(H2,17,18,19). The molecule has 2 unspecified atom stereocenters. The number of H-pyrrole nitrogens is 1. The molecule has 6 nitrogen and oxygen atoms in total. The van der Waals surface area contributed by atoms with Crippen LogP contribution in [0.15, 0.2) is 31.0 Å². The van der Waals surface area contributed by atoms with Gasteiger partial charge in [-0.2, -0.15) is 5.10 Å². The smallest absolute Gasteiger partial charge is 0.145 e. The molecule has 3 heterocycles. The van der Waals surface area contributed by atoms with Gasteiger partial charge in [-0.1, -0.05) is 0 Å². The Morgan fingerprint density at radius 3 is 3.14 bits per heavy atom. The lowest BCUT2D eigenvalue weighted by molar-refractivity contribution is 0.461. The normalized spacial score (nSPS) is 21.6. The number of aromatic nitrogens is 5. The number of hydrogen-bond donors (Lipinski definition) is 2. The van der Waals surface area contributed by atoms with Gasteiger partial charge in [0.25, 0.3) is 0 Å². The largest absolute Gasteiger partial charge is 0.383 e. The van der Waals surface area contributed by atoms with Crippen molar-refractivity contribution in [2.45, 2.75) is 38.1 Å². The van der Waals surface area contributed by atoms with Crippen molar-refractivity contribution >= 4 is 16.9 Å². The van der Waals surface area contributed by atoms with E-state index in [0.717, 1.165) is 23.4 Å². The van der Waals surface area contributed by atoms with Gasteiger partial charge < -0.3 is 10.3 Å². The van der Waals surface area contributed by atoms with Gasteiger partial charge in [0.1, 0.15) is 17.8 Å². The van der Waals surface area contributed by atoms with E-state index < -0.39 is 0 Å². The number of aromatic amines is 1. The van der Waals surface area contributed by atoms with Crippen LogP contribution in [-0.4, -0.2) is 24.7 Å². The van der Waals surface area contributed by atoms with E-state index in [0.29, 0.717) is 11.9 Å². The molecule has 1 saturated carbocycles. The lowest BCUT2D eigenvalue weighted by atomic mass is 9.99. The first-order chi connectivity index (χ1) is 10.8. The maximum absolute atomic E-state index is 5.92. The van der Waals surface area contributed by atoms with Crippen molar-refractivity contribution in [3.8, 4) is 0 Å². The first-order valence-electron chi connectivity index (χ1n) is 7.86. The summed E-state index contributed by atoms with van der Waals surface area (Å²) in [4.78, 5) is 8.48. The molecule has 1 aliphatic carbocycles. The third-order valence-corrected chi connectivity index (χ3v) is 4.84. The van der Waals surface area contributed by atoms with E-state index in [4.69, 9.17) is 5.73 Å². The first kappa shape index (κ1) is 13.3. The molecule has 0 spiro atoms. The van der Waals surface area contributed by atoms with E-state index in [2.05, 4.69) is 30.9 Å². The predicted molar refractivity (Wildman–Crippen MR) is 85.2 cm³/mol. The molecule has 6 heteroatoms. The monoisotopic (exact) mass is 296 g/mol. The minimum Gasteiger partial charge on any atom is -0.383 e. The van der Waals surface area contributed by atoms with Crippen LogP contribution < -0.4 is 5.73 Å². The van der Waals surface area contributed by atoms with Crippen molar-refractivity contribution in [3.05, 3.63) is 36.5 Å². The van der Waals surface area contributed by atoms with Gasteiger partial charge >= 0.3 is 0 Å². The second-order valence-corrected chi connectivity index (χ2v) is 6.20. The number of nitrogens with two attached hydrogens (primary N) is 1. The van der Waals surface area contributed by atoms with Gasteiger partial charge in [-0.15, -0.1) is 0 Å². The van der Waals surface area contributed by atoms with Crippen molar-refractivity contribution in [2.75, 3.05) is 5.73 Å². The molecule has 114 valence electrons. The summed E-state index contributed by atoms with van der Waals surface area (Å²) in [6.07, 6.45) is 13.6. The van der Waals surface area contributed by atoms with Gasteiger partial charge in [0.2, 0.25) is 0 Å².